The number of rotatable bonds is 5. The molecule has 1 aliphatic rings. The molecule has 2 aromatic carbocycles. The highest BCUT2D eigenvalue weighted by molar-refractivity contribution is 7.90. The van der Waals surface area contributed by atoms with Crippen molar-refractivity contribution >= 4 is 33.4 Å². The topological polar surface area (TPSA) is 87.6 Å². The van der Waals surface area contributed by atoms with Gasteiger partial charge in [0.25, 0.3) is 10.0 Å². The van der Waals surface area contributed by atoms with Crippen molar-refractivity contribution < 1.29 is 13.2 Å². The standard InChI is InChI=1S/C20H22ClN3O3S/c1-12(2)18(20(25)22-13(3)14-8-10-15(21)11-9-14)23-19-16-6-4-5-7-17(16)28(26,27)24-19/h4-13,18H,1-3H3,(H,22,25)(H,23,24)/t13?,18-/m0/s1. The normalized spacial score (nSPS) is 18.4. The summed E-state index contributed by atoms with van der Waals surface area (Å²) in [5.41, 5.74) is 1.39. The number of nitrogens with zero attached hydrogens (tertiary/aromatic N) is 1. The number of hydrogen-bond donors (Lipinski definition) is 2. The average molecular weight is 420 g/mol. The lowest BCUT2D eigenvalue weighted by atomic mass is 10.0. The number of nitrogens with one attached hydrogen (secondary N) is 2. The Morgan fingerprint density at radius 1 is 1.07 bits per heavy atom. The lowest BCUT2D eigenvalue weighted by molar-refractivity contribution is -0.123. The lowest BCUT2D eigenvalue weighted by Crippen LogP contribution is -2.39. The third-order valence-corrected chi connectivity index (χ3v) is 6.21. The summed E-state index contributed by atoms with van der Waals surface area (Å²) >= 11 is 5.91. The summed E-state index contributed by atoms with van der Waals surface area (Å²) in [5, 5.41) is 3.58. The highest BCUT2D eigenvalue weighted by Gasteiger charge is 2.32. The third kappa shape index (κ3) is 4.20. The summed E-state index contributed by atoms with van der Waals surface area (Å²) in [4.78, 5) is 17.5. The van der Waals surface area contributed by atoms with E-state index in [4.69, 9.17) is 11.6 Å². The minimum atomic E-state index is -3.65. The third-order valence-electron chi connectivity index (χ3n) is 4.56. The van der Waals surface area contributed by atoms with Crippen molar-refractivity contribution in [3.8, 4) is 0 Å². The van der Waals surface area contributed by atoms with Crippen molar-refractivity contribution in [3.63, 3.8) is 0 Å². The Balaban J connectivity index is 1.85. The molecule has 1 unspecified atom stereocenters. The first kappa shape index (κ1) is 20.4. The molecule has 2 atom stereocenters. The summed E-state index contributed by atoms with van der Waals surface area (Å²) in [6.45, 7) is 5.62. The predicted molar refractivity (Wildman–Crippen MR) is 110 cm³/mol. The average Bonchev–Trinajstić information content (AvgIpc) is 2.90. The van der Waals surface area contributed by atoms with Gasteiger partial charge in [0.2, 0.25) is 5.91 Å². The maximum atomic E-state index is 12.9. The maximum absolute atomic E-state index is 12.9. The molecule has 2 aromatic rings. The van der Waals surface area contributed by atoms with Gasteiger partial charge in [-0.15, -0.1) is 0 Å². The van der Waals surface area contributed by atoms with Crippen LogP contribution in [0.5, 0.6) is 0 Å². The molecule has 2 N–H and O–H groups in total. The molecule has 0 aromatic heterocycles. The summed E-state index contributed by atoms with van der Waals surface area (Å²) in [5.74, 6) is -0.195. The Labute approximate surface area is 170 Å². The molecule has 0 saturated carbocycles. The molecule has 0 fully saturated rings. The molecule has 0 spiro atoms. The van der Waals surface area contributed by atoms with Gasteiger partial charge in [-0.3, -0.25) is 14.5 Å². The molecule has 28 heavy (non-hydrogen) atoms. The van der Waals surface area contributed by atoms with Gasteiger partial charge < -0.3 is 5.32 Å². The van der Waals surface area contributed by atoms with Crippen LogP contribution in [-0.4, -0.2) is 26.2 Å². The summed E-state index contributed by atoms with van der Waals surface area (Å²) in [6.07, 6.45) is 0. The van der Waals surface area contributed by atoms with Crippen LogP contribution in [0.25, 0.3) is 0 Å². The van der Waals surface area contributed by atoms with Crippen molar-refractivity contribution in [2.75, 3.05) is 0 Å². The van der Waals surface area contributed by atoms with E-state index in [1.165, 1.54) is 6.07 Å². The maximum Gasteiger partial charge on any atom is 0.263 e. The van der Waals surface area contributed by atoms with Gasteiger partial charge in [-0.25, -0.2) is 8.42 Å². The predicted octanol–water partition coefficient (Wildman–Crippen LogP) is 3.28. The van der Waals surface area contributed by atoms with Crippen LogP contribution in [-0.2, 0) is 14.8 Å². The van der Waals surface area contributed by atoms with Gasteiger partial charge in [-0.1, -0.05) is 49.7 Å². The number of sulfonamides is 1. The van der Waals surface area contributed by atoms with E-state index in [0.29, 0.717) is 10.6 Å². The fourth-order valence-electron chi connectivity index (χ4n) is 3.01. The van der Waals surface area contributed by atoms with E-state index in [0.717, 1.165) is 5.56 Å². The van der Waals surface area contributed by atoms with E-state index in [1.807, 2.05) is 32.9 Å². The van der Waals surface area contributed by atoms with Crippen LogP contribution in [0, 0.1) is 5.92 Å². The second kappa shape index (κ2) is 7.93. The van der Waals surface area contributed by atoms with Crippen LogP contribution in [0.2, 0.25) is 5.02 Å². The smallest absolute Gasteiger partial charge is 0.263 e. The minimum Gasteiger partial charge on any atom is -0.348 e. The van der Waals surface area contributed by atoms with Crippen molar-refractivity contribution in [3.05, 3.63) is 64.7 Å². The molecular weight excluding hydrogens is 398 g/mol. The van der Waals surface area contributed by atoms with Crippen LogP contribution in [0.4, 0.5) is 0 Å². The Hall–Kier alpha value is -2.38. The molecule has 148 valence electrons. The van der Waals surface area contributed by atoms with Gasteiger partial charge in [0.15, 0.2) is 0 Å². The van der Waals surface area contributed by atoms with Crippen LogP contribution in [0.1, 0.15) is 37.9 Å². The van der Waals surface area contributed by atoms with Crippen molar-refractivity contribution in [1.82, 2.24) is 10.0 Å². The first-order valence-corrected chi connectivity index (χ1v) is 10.8. The van der Waals surface area contributed by atoms with Gasteiger partial charge in [0.05, 0.1) is 10.9 Å². The molecule has 1 amide bonds. The Kier molecular flexibility index (Phi) is 5.76. The van der Waals surface area contributed by atoms with E-state index in [-0.39, 0.29) is 28.6 Å². The number of amides is 1. The van der Waals surface area contributed by atoms with E-state index >= 15 is 0 Å². The highest BCUT2D eigenvalue weighted by atomic mass is 35.5. The fourth-order valence-corrected chi connectivity index (χ4v) is 4.38. The number of hydrogen-bond acceptors (Lipinski definition) is 4. The fraction of sp³-hybridized carbons (Fsp3) is 0.300. The molecule has 6 nitrogen and oxygen atoms in total. The number of benzene rings is 2. The molecule has 0 radical (unpaired) electrons. The van der Waals surface area contributed by atoms with Crippen molar-refractivity contribution in [2.24, 2.45) is 10.9 Å². The Morgan fingerprint density at radius 3 is 2.36 bits per heavy atom. The number of carbonyl (C=O) groups is 1. The van der Waals surface area contributed by atoms with E-state index in [1.54, 1.807) is 30.3 Å². The number of aliphatic imine (C=N–C) groups is 1. The Morgan fingerprint density at radius 2 is 1.71 bits per heavy atom. The second-order valence-electron chi connectivity index (χ2n) is 7.05. The monoisotopic (exact) mass is 419 g/mol. The molecule has 0 bridgehead atoms. The SMILES string of the molecule is CC(NC(=O)[C@@H](N=C1NS(=O)(=O)c2ccccc21)C(C)C)c1ccc(Cl)cc1. The van der Waals surface area contributed by atoms with E-state index in [9.17, 15) is 13.2 Å². The van der Waals surface area contributed by atoms with Crippen molar-refractivity contribution in [1.29, 1.82) is 0 Å². The van der Waals surface area contributed by atoms with Crippen LogP contribution in [0.3, 0.4) is 0 Å². The van der Waals surface area contributed by atoms with Crippen LogP contribution < -0.4 is 10.0 Å². The molecular formula is C20H22ClN3O3S. The van der Waals surface area contributed by atoms with Crippen molar-refractivity contribution in [2.45, 2.75) is 37.8 Å². The Bertz CT molecular complexity index is 1020. The zero-order chi connectivity index (χ0) is 20.5. The molecule has 8 heteroatoms. The largest absolute Gasteiger partial charge is 0.348 e. The minimum absolute atomic E-state index is 0.123. The molecule has 1 aliphatic heterocycles. The molecule has 1 heterocycles. The second-order valence-corrected chi connectivity index (χ2v) is 9.14. The first-order chi connectivity index (χ1) is 13.2. The van der Waals surface area contributed by atoms with Gasteiger partial charge >= 0.3 is 0 Å². The first-order valence-electron chi connectivity index (χ1n) is 8.95. The zero-order valence-electron chi connectivity index (χ0n) is 15.8. The number of fused-ring (bicyclic) bond motifs is 1. The molecule has 3 rings (SSSR count). The van der Waals surface area contributed by atoms with Gasteiger partial charge in [0.1, 0.15) is 11.9 Å². The van der Waals surface area contributed by atoms with Crippen LogP contribution >= 0.6 is 11.6 Å². The molecule has 0 saturated heterocycles. The van der Waals surface area contributed by atoms with Gasteiger partial charge in [0, 0.05) is 10.6 Å². The van der Waals surface area contributed by atoms with E-state index in [2.05, 4.69) is 15.0 Å². The van der Waals surface area contributed by atoms with Crippen LogP contribution in [0.15, 0.2) is 58.4 Å². The van der Waals surface area contributed by atoms with Gasteiger partial charge in [-0.05, 0) is 42.7 Å². The lowest BCUT2D eigenvalue weighted by Gasteiger charge is -2.21. The zero-order valence-corrected chi connectivity index (χ0v) is 17.4. The summed E-state index contributed by atoms with van der Waals surface area (Å²) < 4.78 is 27.0. The highest BCUT2D eigenvalue weighted by Crippen LogP contribution is 2.24. The summed E-state index contributed by atoms with van der Waals surface area (Å²) in [7, 11) is -3.65. The van der Waals surface area contributed by atoms with E-state index < -0.39 is 16.1 Å². The molecule has 0 aliphatic carbocycles. The number of halogens is 1. The summed E-state index contributed by atoms with van der Waals surface area (Å²) in [6, 6.07) is 12.9. The quantitative estimate of drug-likeness (QED) is 0.779. The number of carbonyl (C=O) groups excluding carboxylic acids is 1. The number of amidine groups is 1. The van der Waals surface area contributed by atoms with Gasteiger partial charge in [-0.2, -0.15) is 0 Å².